The lowest BCUT2D eigenvalue weighted by Crippen LogP contribution is -1.84. The van der Waals surface area contributed by atoms with Gasteiger partial charge < -0.3 is 0 Å². The largest absolute Gasteiger partial charge is 0.281 e. The van der Waals surface area contributed by atoms with E-state index in [0.29, 0.717) is 6.42 Å². The molecule has 0 bridgehead atoms. The van der Waals surface area contributed by atoms with Crippen molar-refractivity contribution in [2.45, 2.75) is 25.7 Å². The van der Waals surface area contributed by atoms with Crippen molar-refractivity contribution >= 4 is 16.8 Å². The van der Waals surface area contributed by atoms with Gasteiger partial charge in [0.2, 0.25) is 5.24 Å². The van der Waals surface area contributed by atoms with Gasteiger partial charge in [0.25, 0.3) is 0 Å². The SMILES string of the molecule is O=C(Cl)CCCCC#Cc1ccccc1. The van der Waals surface area contributed by atoms with E-state index in [0.717, 1.165) is 24.8 Å². The fourth-order valence-corrected chi connectivity index (χ4v) is 1.30. The number of unbranched alkanes of at least 4 members (excludes halogenated alkanes) is 2. The third-order valence-corrected chi connectivity index (χ3v) is 2.12. The molecule has 0 atom stereocenters. The minimum atomic E-state index is -0.258. The monoisotopic (exact) mass is 220 g/mol. The highest BCUT2D eigenvalue weighted by Gasteiger charge is 1.93. The van der Waals surface area contributed by atoms with E-state index in [1.165, 1.54) is 0 Å². The van der Waals surface area contributed by atoms with E-state index in [4.69, 9.17) is 11.6 Å². The molecule has 0 saturated carbocycles. The van der Waals surface area contributed by atoms with Crippen LogP contribution in [0.25, 0.3) is 0 Å². The lowest BCUT2D eigenvalue weighted by Gasteiger charge is -1.91. The summed E-state index contributed by atoms with van der Waals surface area (Å²) in [6.45, 7) is 0. The van der Waals surface area contributed by atoms with Gasteiger partial charge in [-0.1, -0.05) is 30.0 Å². The molecule has 0 saturated heterocycles. The molecule has 1 rings (SSSR count). The Bertz CT molecular complexity index is 359. The highest BCUT2D eigenvalue weighted by Crippen LogP contribution is 2.02. The maximum absolute atomic E-state index is 10.4. The summed E-state index contributed by atoms with van der Waals surface area (Å²) >= 11 is 5.21. The zero-order valence-electron chi connectivity index (χ0n) is 8.50. The molecule has 0 unspecified atom stereocenters. The summed E-state index contributed by atoms with van der Waals surface area (Å²) in [5.41, 5.74) is 1.03. The number of benzene rings is 1. The summed E-state index contributed by atoms with van der Waals surface area (Å²) < 4.78 is 0. The van der Waals surface area contributed by atoms with Gasteiger partial charge in [0.15, 0.2) is 0 Å². The molecule has 0 amide bonds. The second-order valence-electron chi connectivity index (χ2n) is 3.23. The van der Waals surface area contributed by atoms with E-state index in [-0.39, 0.29) is 5.24 Å². The Balaban J connectivity index is 2.20. The Morgan fingerprint density at radius 3 is 2.60 bits per heavy atom. The lowest BCUT2D eigenvalue weighted by molar-refractivity contribution is -0.111. The fourth-order valence-electron chi connectivity index (χ4n) is 1.16. The normalized spacial score (nSPS) is 9.13. The molecule has 78 valence electrons. The first-order valence-corrected chi connectivity index (χ1v) is 5.39. The molecule has 1 aromatic rings. The highest BCUT2D eigenvalue weighted by atomic mass is 35.5. The van der Waals surface area contributed by atoms with Crippen molar-refractivity contribution in [1.82, 2.24) is 0 Å². The Morgan fingerprint density at radius 2 is 1.93 bits per heavy atom. The summed E-state index contributed by atoms with van der Waals surface area (Å²) in [7, 11) is 0. The first-order valence-electron chi connectivity index (χ1n) is 5.01. The molecule has 1 nitrogen and oxygen atoms in total. The highest BCUT2D eigenvalue weighted by molar-refractivity contribution is 6.63. The summed E-state index contributed by atoms with van der Waals surface area (Å²) in [5, 5.41) is -0.258. The third kappa shape index (κ3) is 5.93. The van der Waals surface area contributed by atoms with Crippen LogP contribution in [0.4, 0.5) is 0 Å². The average molecular weight is 221 g/mol. The number of carbonyl (C=O) groups is 1. The Labute approximate surface area is 95.5 Å². The Kier molecular flexibility index (Phi) is 5.58. The minimum absolute atomic E-state index is 0.258. The van der Waals surface area contributed by atoms with Gasteiger partial charge in [0.1, 0.15) is 0 Å². The first-order chi connectivity index (χ1) is 7.29. The van der Waals surface area contributed by atoms with Gasteiger partial charge in [0.05, 0.1) is 0 Å². The molecule has 0 spiro atoms. The lowest BCUT2D eigenvalue weighted by atomic mass is 10.2. The maximum atomic E-state index is 10.4. The smallest absolute Gasteiger partial charge is 0.221 e. The third-order valence-electron chi connectivity index (χ3n) is 1.93. The van der Waals surface area contributed by atoms with Crippen LogP contribution in [-0.2, 0) is 4.79 Å². The van der Waals surface area contributed by atoms with Crippen molar-refractivity contribution in [2.75, 3.05) is 0 Å². The van der Waals surface area contributed by atoms with Crippen molar-refractivity contribution in [3.8, 4) is 11.8 Å². The van der Waals surface area contributed by atoms with Crippen molar-refractivity contribution < 1.29 is 4.79 Å². The van der Waals surface area contributed by atoms with E-state index in [1.807, 2.05) is 30.3 Å². The Morgan fingerprint density at radius 1 is 1.20 bits per heavy atom. The van der Waals surface area contributed by atoms with E-state index < -0.39 is 0 Å². The van der Waals surface area contributed by atoms with Crippen LogP contribution in [0, 0.1) is 11.8 Å². The van der Waals surface area contributed by atoms with Crippen LogP contribution in [-0.4, -0.2) is 5.24 Å². The van der Waals surface area contributed by atoms with E-state index >= 15 is 0 Å². The van der Waals surface area contributed by atoms with Crippen molar-refractivity contribution in [3.63, 3.8) is 0 Å². The van der Waals surface area contributed by atoms with Crippen LogP contribution in [0.2, 0.25) is 0 Å². The number of hydrogen-bond donors (Lipinski definition) is 0. The molecule has 0 aliphatic carbocycles. The second kappa shape index (κ2) is 7.09. The number of hydrogen-bond acceptors (Lipinski definition) is 1. The predicted octanol–water partition coefficient (Wildman–Crippen LogP) is 3.36. The van der Waals surface area contributed by atoms with Crippen LogP contribution < -0.4 is 0 Å². The van der Waals surface area contributed by atoms with Gasteiger partial charge in [0, 0.05) is 18.4 Å². The van der Waals surface area contributed by atoms with Gasteiger partial charge >= 0.3 is 0 Å². The molecular weight excluding hydrogens is 208 g/mol. The molecule has 0 aliphatic heterocycles. The molecule has 0 N–H and O–H groups in total. The van der Waals surface area contributed by atoms with E-state index in [2.05, 4.69) is 11.8 Å². The average Bonchev–Trinajstić information content (AvgIpc) is 2.24. The van der Waals surface area contributed by atoms with Gasteiger partial charge in [-0.2, -0.15) is 0 Å². The number of rotatable bonds is 4. The molecule has 0 aromatic heterocycles. The van der Waals surface area contributed by atoms with Crippen LogP contribution in [0.1, 0.15) is 31.2 Å². The van der Waals surface area contributed by atoms with Gasteiger partial charge in [-0.25, -0.2) is 0 Å². The standard InChI is InChI=1S/C13H13ClO/c14-13(15)11-7-2-1-4-8-12-9-5-3-6-10-12/h3,5-6,9-10H,1-2,7,11H2. The molecule has 0 radical (unpaired) electrons. The maximum Gasteiger partial charge on any atom is 0.221 e. The molecule has 15 heavy (non-hydrogen) atoms. The van der Waals surface area contributed by atoms with Crippen LogP contribution in [0.15, 0.2) is 30.3 Å². The second-order valence-corrected chi connectivity index (χ2v) is 3.65. The van der Waals surface area contributed by atoms with E-state index in [9.17, 15) is 4.79 Å². The quantitative estimate of drug-likeness (QED) is 0.432. The van der Waals surface area contributed by atoms with Crippen molar-refractivity contribution in [3.05, 3.63) is 35.9 Å². The zero-order valence-corrected chi connectivity index (χ0v) is 9.26. The molecule has 0 aliphatic rings. The molecular formula is C13H13ClO. The van der Waals surface area contributed by atoms with Gasteiger partial charge in [-0.3, -0.25) is 4.79 Å². The summed E-state index contributed by atoms with van der Waals surface area (Å²) in [6.07, 6.45) is 3.03. The summed E-state index contributed by atoms with van der Waals surface area (Å²) in [6, 6.07) is 9.87. The van der Waals surface area contributed by atoms with Crippen LogP contribution in [0.5, 0.6) is 0 Å². The Hall–Kier alpha value is -1.26. The number of halogens is 1. The van der Waals surface area contributed by atoms with Gasteiger partial charge in [-0.05, 0) is 36.6 Å². The fraction of sp³-hybridized carbons (Fsp3) is 0.308. The topological polar surface area (TPSA) is 17.1 Å². The summed E-state index contributed by atoms with van der Waals surface area (Å²) in [5.74, 6) is 6.14. The van der Waals surface area contributed by atoms with Crippen LogP contribution >= 0.6 is 11.6 Å². The van der Waals surface area contributed by atoms with Crippen LogP contribution in [0.3, 0.4) is 0 Å². The molecule has 2 heteroatoms. The first kappa shape index (κ1) is 11.8. The van der Waals surface area contributed by atoms with Crippen molar-refractivity contribution in [2.24, 2.45) is 0 Å². The minimum Gasteiger partial charge on any atom is -0.281 e. The molecule has 0 heterocycles. The zero-order chi connectivity index (χ0) is 10.9. The van der Waals surface area contributed by atoms with Crippen molar-refractivity contribution in [1.29, 1.82) is 0 Å². The van der Waals surface area contributed by atoms with E-state index in [1.54, 1.807) is 0 Å². The molecule has 1 aromatic carbocycles. The number of carbonyl (C=O) groups excluding carboxylic acids is 1. The predicted molar refractivity (Wildman–Crippen MR) is 62.6 cm³/mol. The van der Waals surface area contributed by atoms with Gasteiger partial charge in [-0.15, -0.1) is 0 Å². The summed E-state index contributed by atoms with van der Waals surface area (Å²) in [4.78, 5) is 10.4. The molecule has 0 fully saturated rings.